The van der Waals surface area contributed by atoms with E-state index in [0.717, 1.165) is 0 Å². The number of nitrogens with one attached hydrogen (secondary N) is 1. The van der Waals surface area contributed by atoms with Crippen LogP contribution in [0.2, 0.25) is 0 Å². The van der Waals surface area contributed by atoms with Crippen LogP contribution in [-0.4, -0.2) is 16.1 Å². The monoisotopic (exact) mass is 332 g/mol. The quantitative estimate of drug-likeness (QED) is 0.883. The van der Waals surface area contributed by atoms with Crippen molar-refractivity contribution in [3.63, 3.8) is 0 Å². The number of aryl methyl sites for hydroxylation is 1. The van der Waals surface area contributed by atoms with Crippen LogP contribution >= 0.6 is 15.9 Å². The van der Waals surface area contributed by atoms with Crippen LogP contribution in [0.4, 0.5) is 0 Å². The molecule has 5 nitrogen and oxygen atoms in total. The number of halogens is 1. The highest BCUT2D eigenvalue weighted by atomic mass is 79.9. The lowest BCUT2D eigenvalue weighted by atomic mass is 9.99. The summed E-state index contributed by atoms with van der Waals surface area (Å²) in [4.78, 5) is 25.4. The summed E-state index contributed by atoms with van der Waals surface area (Å²) in [5.74, 6) is -1.07. The van der Waals surface area contributed by atoms with Crippen molar-refractivity contribution in [2.45, 2.75) is 6.92 Å². The molecule has 100 valence electrons. The molecule has 0 amide bonds. The Kier molecular flexibility index (Phi) is 3.72. The van der Waals surface area contributed by atoms with Crippen molar-refractivity contribution in [1.82, 2.24) is 4.98 Å². The van der Waals surface area contributed by atoms with Crippen LogP contribution in [0.1, 0.15) is 21.6 Å². The van der Waals surface area contributed by atoms with Crippen molar-refractivity contribution in [1.29, 1.82) is 5.26 Å². The van der Waals surface area contributed by atoms with Gasteiger partial charge in [-0.25, -0.2) is 4.79 Å². The first-order valence-electron chi connectivity index (χ1n) is 5.61. The number of carboxylic acid groups (broad SMARTS) is 1. The lowest BCUT2D eigenvalue weighted by Gasteiger charge is -2.08. The van der Waals surface area contributed by atoms with E-state index >= 15 is 0 Å². The maximum Gasteiger partial charge on any atom is 0.335 e. The molecule has 0 unspecified atom stereocenters. The van der Waals surface area contributed by atoms with E-state index in [2.05, 4.69) is 20.9 Å². The molecule has 2 rings (SSSR count). The van der Waals surface area contributed by atoms with Gasteiger partial charge in [-0.1, -0.05) is 15.9 Å². The zero-order valence-corrected chi connectivity index (χ0v) is 12.0. The fourth-order valence-corrected chi connectivity index (χ4v) is 2.34. The van der Waals surface area contributed by atoms with Gasteiger partial charge in [0.25, 0.3) is 5.56 Å². The van der Waals surface area contributed by atoms with Crippen LogP contribution in [-0.2, 0) is 0 Å². The number of nitriles is 1. The first kappa shape index (κ1) is 14.0. The van der Waals surface area contributed by atoms with Crippen molar-refractivity contribution in [2.24, 2.45) is 0 Å². The fraction of sp³-hybridized carbons (Fsp3) is 0.0714. The van der Waals surface area contributed by atoms with Crippen LogP contribution in [0.5, 0.6) is 0 Å². The SMILES string of the molecule is Cc1cc(-c2cc(C(=O)O)ccc2Br)c(C#N)c(=O)[nH]1. The number of aromatic carboxylic acids is 1. The lowest BCUT2D eigenvalue weighted by Crippen LogP contribution is -2.13. The maximum atomic E-state index is 11.8. The zero-order valence-electron chi connectivity index (χ0n) is 10.4. The van der Waals surface area contributed by atoms with Crippen LogP contribution < -0.4 is 5.56 Å². The molecule has 0 saturated heterocycles. The molecule has 0 atom stereocenters. The molecule has 2 aromatic rings. The number of carboxylic acids is 1. The first-order valence-corrected chi connectivity index (χ1v) is 6.40. The standard InChI is InChI=1S/C14H9BrN2O3/c1-7-4-9(11(6-16)13(18)17-7)10-5-8(14(19)20)2-3-12(10)15/h2-5H,1H3,(H,17,18)(H,19,20). The summed E-state index contributed by atoms with van der Waals surface area (Å²) in [7, 11) is 0. The van der Waals surface area contributed by atoms with Gasteiger partial charge in [0.05, 0.1) is 5.56 Å². The van der Waals surface area contributed by atoms with Crippen LogP contribution in [0.25, 0.3) is 11.1 Å². The number of carbonyl (C=O) groups is 1. The number of aromatic amines is 1. The number of pyridine rings is 1. The molecule has 0 fully saturated rings. The average Bonchev–Trinajstić information content (AvgIpc) is 2.38. The van der Waals surface area contributed by atoms with E-state index in [1.807, 2.05) is 6.07 Å². The third-order valence-electron chi connectivity index (χ3n) is 2.78. The number of hydrogen-bond donors (Lipinski definition) is 2. The summed E-state index contributed by atoms with van der Waals surface area (Å²) in [5.41, 5.74) is 1.05. The predicted octanol–water partition coefficient (Wildman–Crippen LogP) is 2.68. The topological polar surface area (TPSA) is 93.9 Å². The fourth-order valence-electron chi connectivity index (χ4n) is 1.88. The van der Waals surface area contributed by atoms with Crippen molar-refractivity contribution in [2.75, 3.05) is 0 Å². The van der Waals surface area contributed by atoms with Crippen molar-refractivity contribution < 1.29 is 9.90 Å². The normalized spacial score (nSPS) is 10.1. The summed E-state index contributed by atoms with van der Waals surface area (Å²) < 4.78 is 0.615. The Morgan fingerprint density at radius 1 is 1.35 bits per heavy atom. The van der Waals surface area contributed by atoms with Gasteiger partial charge in [0, 0.05) is 15.7 Å². The minimum atomic E-state index is -1.07. The zero-order chi connectivity index (χ0) is 14.9. The highest BCUT2D eigenvalue weighted by molar-refractivity contribution is 9.10. The summed E-state index contributed by atoms with van der Waals surface area (Å²) in [6.07, 6.45) is 0. The summed E-state index contributed by atoms with van der Waals surface area (Å²) in [6.45, 7) is 1.70. The second-order valence-electron chi connectivity index (χ2n) is 4.18. The van der Waals surface area contributed by atoms with E-state index in [9.17, 15) is 9.59 Å². The molecule has 6 heteroatoms. The van der Waals surface area contributed by atoms with Crippen molar-refractivity contribution >= 4 is 21.9 Å². The van der Waals surface area contributed by atoms with Gasteiger partial charge in [-0.3, -0.25) is 4.79 Å². The summed E-state index contributed by atoms with van der Waals surface area (Å²) in [6, 6.07) is 7.96. The van der Waals surface area contributed by atoms with E-state index in [0.29, 0.717) is 21.3 Å². The molecular formula is C14H9BrN2O3. The molecule has 0 spiro atoms. The highest BCUT2D eigenvalue weighted by Crippen LogP contribution is 2.30. The van der Waals surface area contributed by atoms with Gasteiger partial charge in [-0.05, 0) is 36.8 Å². The lowest BCUT2D eigenvalue weighted by molar-refractivity contribution is 0.0697. The Balaban J connectivity index is 2.81. The molecule has 0 aliphatic carbocycles. The molecule has 1 aromatic heterocycles. The third-order valence-corrected chi connectivity index (χ3v) is 3.47. The van der Waals surface area contributed by atoms with Gasteiger partial charge in [0.2, 0.25) is 0 Å². The predicted molar refractivity (Wildman–Crippen MR) is 76.6 cm³/mol. The number of nitrogens with zero attached hydrogens (tertiary/aromatic N) is 1. The molecule has 0 radical (unpaired) electrons. The largest absolute Gasteiger partial charge is 0.478 e. The van der Waals surface area contributed by atoms with Gasteiger partial charge in [0.1, 0.15) is 11.6 Å². The van der Waals surface area contributed by atoms with E-state index in [4.69, 9.17) is 10.4 Å². The molecule has 2 N–H and O–H groups in total. The first-order chi connectivity index (χ1) is 9.43. The van der Waals surface area contributed by atoms with Gasteiger partial charge in [-0.2, -0.15) is 5.26 Å². The molecule has 1 aromatic carbocycles. The number of rotatable bonds is 2. The Morgan fingerprint density at radius 3 is 2.65 bits per heavy atom. The minimum absolute atomic E-state index is 0.0427. The number of H-pyrrole nitrogens is 1. The van der Waals surface area contributed by atoms with E-state index < -0.39 is 11.5 Å². The molecule has 20 heavy (non-hydrogen) atoms. The van der Waals surface area contributed by atoms with Crippen LogP contribution in [0.15, 0.2) is 33.5 Å². The number of benzene rings is 1. The van der Waals surface area contributed by atoms with Gasteiger partial charge in [-0.15, -0.1) is 0 Å². The van der Waals surface area contributed by atoms with Crippen LogP contribution in [0.3, 0.4) is 0 Å². The second kappa shape index (κ2) is 5.31. The molecule has 0 aliphatic rings. The van der Waals surface area contributed by atoms with Crippen LogP contribution in [0, 0.1) is 18.3 Å². The average molecular weight is 333 g/mol. The molecule has 1 heterocycles. The van der Waals surface area contributed by atoms with E-state index in [1.54, 1.807) is 19.1 Å². The summed E-state index contributed by atoms with van der Waals surface area (Å²) in [5, 5.41) is 18.2. The Morgan fingerprint density at radius 2 is 2.05 bits per heavy atom. The second-order valence-corrected chi connectivity index (χ2v) is 5.04. The smallest absolute Gasteiger partial charge is 0.335 e. The van der Waals surface area contributed by atoms with Crippen molar-refractivity contribution in [3.8, 4) is 17.2 Å². The summed E-state index contributed by atoms with van der Waals surface area (Å²) >= 11 is 3.31. The molecular weight excluding hydrogens is 324 g/mol. The van der Waals surface area contributed by atoms with Gasteiger partial charge < -0.3 is 10.1 Å². The Labute approximate surface area is 122 Å². The highest BCUT2D eigenvalue weighted by Gasteiger charge is 2.15. The molecule has 0 saturated carbocycles. The molecule has 0 aliphatic heterocycles. The third kappa shape index (κ3) is 2.49. The minimum Gasteiger partial charge on any atom is -0.478 e. The van der Waals surface area contributed by atoms with Crippen molar-refractivity contribution in [3.05, 3.63) is 55.9 Å². The number of hydrogen-bond acceptors (Lipinski definition) is 3. The molecule has 0 bridgehead atoms. The van der Waals surface area contributed by atoms with Gasteiger partial charge >= 0.3 is 5.97 Å². The van der Waals surface area contributed by atoms with E-state index in [1.165, 1.54) is 12.1 Å². The van der Waals surface area contributed by atoms with Gasteiger partial charge in [0.15, 0.2) is 0 Å². The Bertz CT molecular complexity index is 803. The Hall–Kier alpha value is -2.39. The van der Waals surface area contributed by atoms with E-state index in [-0.39, 0.29) is 11.1 Å². The number of aromatic nitrogens is 1. The maximum absolute atomic E-state index is 11.8.